The number of fused-ring (bicyclic) bond motifs is 1. The molecule has 0 aliphatic rings. The molecule has 1 unspecified atom stereocenters. The number of nitrogens with one attached hydrogen (secondary N) is 2. The van der Waals surface area contributed by atoms with Crippen LogP contribution in [0.1, 0.15) is 23.2 Å². The molecule has 0 aliphatic heterocycles. The number of ether oxygens (including phenoxy) is 2. The molecule has 0 spiro atoms. The van der Waals surface area contributed by atoms with Crippen LogP contribution >= 0.6 is 18.9 Å². The fourth-order valence-corrected chi connectivity index (χ4v) is 7.14. The molecular formula is C24H28F3N4O9PS2. The molecule has 7 N–H and O–H groups in total. The van der Waals surface area contributed by atoms with E-state index >= 15 is 0 Å². The third-order valence-corrected chi connectivity index (χ3v) is 9.52. The van der Waals surface area contributed by atoms with E-state index in [0.29, 0.717) is 66.4 Å². The number of thiophene rings is 1. The highest BCUT2D eigenvalue weighted by atomic mass is 32.2. The summed E-state index contributed by atoms with van der Waals surface area (Å²) in [6.45, 7) is 1.49. The van der Waals surface area contributed by atoms with Crippen molar-refractivity contribution in [1.29, 1.82) is 0 Å². The van der Waals surface area contributed by atoms with E-state index < -0.39 is 42.0 Å². The number of benzene rings is 2. The molecule has 19 heteroatoms. The van der Waals surface area contributed by atoms with Crippen LogP contribution in [-0.4, -0.2) is 64.0 Å². The van der Waals surface area contributed by atoms with Crippen LogP contribution in [0.4, 0.5) is 18.9 Å². The quantitative estimate of drug-likeness (QED) is 0.117. The van der Waals surface area contributed by atoms with Gasteiger partial charge in [0.25, 0.3) is 15.9 Å². The van der Waals surface area contributed by atoms with E-state index in [0.717, 1.165) is 11.3 Å². The summed E-state index contributed by atoms with van der Waals surface area (Å²) in [5.41, 5.74) is 11.5. The molecule has 43 heavy (non-hydrogen) atoms. The Bertz CT molecular complexity index is 1590. The smallest absolute Gasteiger partial charge is 0.491 e. The number of carbonyl (C=O) groups is 2. The summed E-state index contributed by atoms with van der Waals surface area (Å²) in [5.74, 6) is -2.68. The minimum absolute atomic E-state index is 0.213. The van der Waals surface area contributed by atoms with Gasteiger partial charge in [-0.05, 0) is 67.7 Å². The maximum Gasteiger partial charge on any atom is 0.491 e. The molecule has 2 aromatic carbocycles. The maximum absolute atomic E-state index is 13.1. The molecule has 3 aromatic rings. The van der Waals surface area contributed by atoms with E-state index in [2.05, 4.69) is 9.84 Å². The van der Waals surface area contributed by atoms with Gasteiger partial charge in [0, 0.05) is 22.0 Å². The summed E-state index contributed by atoms with van der Waals surface area (Å²) < 4.78 is 90.6. The number of nitrogens with two attached hydrogens (primary N) is 2. The third-order valence-electron chi connectivity index (χ3n) is 5.30. The Morgan fingerprint density at radius 1 is 0.977 bits per heavy atom. The van der Waals surface area contributed by atoms with Crippen molar-refractivity contribution in [2.75, 3.05) is 37.9 Å². The van der Waals surface area contributed by atoms with Gasteiger partial charge in [0.1, 0.15) is 22.0 Å². The molecule has 1 aromatic heterocycles. The lowest BCUT2D eigenvalue weighted by Gasteiger charge is -2.13. The number of alkyl halides is 3. The minimum atomic E-state index is -5.54. The van der Waals surface area contributed by atoms with Crippen LogP contribution in [0, 0.1) is 0 Å². The number of carbonyl (C=O) groups excluding carboxylic acids is 2. The van der Waals surface area contributed by atoms with E-state index in [4.69, 9.17) is 20.9 Å². The van der Waals surface area contributed by atoms with E-state index in [1.54, 1.807) is 10.8 Å². The number of sulfonamides is 1. The zero-order valence-electron chi connectivity index (χ0n) is 22.3. The Morgan fingerprint density at radius 3 is 2.14 bits per heavy atom. The molecule has 13 nitrogen and oxygen atoms in total. The standard InChI is InChI=1S/C24H28F3N4O9PS2/c25-24(26,27)23(33)40-41(34,35)14-30-43(36,37)21-12-15-9-17(3-4-20(15)42-21)31-22(32)16-10-18(38-7-1-5-28)13-19(11-16)39-8-2-6-29/h3-4,9-13,30H,1-2,5-8,14,28-29H2,(H,31,32)(H,34,35). The van der Waals surface area contributed by atoms with E-state index in [1.807, 2.05) is 0 Å². The Balaban J connectivity index is 1.75. The monoisotopic (exact) mass is 668 g/mol. The summed E-state index contributed by atoms with van der Waals surface area (Å²) >= 11 is 0.747. The highest BCUT2D eigenvalue weighted by Gasteiger charge is 2.45. The molecule has 0 saturated carbocycles. The summed E-state index contributed by atoms with van der Waals surface area (Å²) in [5, 5.41) is 3.07. The second kappa shape index (κ2) is 14.5. The molecule has 1 heterocycles. The predicted octanol–water partition coefficient (Wildman–Crippen LogP) is 3.14. The maximum atomic E-state index is 13.1. The molecule has 0 saturated heterocycles. The van der Waals surface area contributed by atoms with Crippen molar-refractivity contribution in [3.05, 3.63) is 48.0 Å². The van der Waals surface area contributed by atoms with Crippen LogP contribution in [0.5, 0.6) is 11.5 Å². The number of hydrogen-bond acceptors (Lipinski definition) is 11. The van der Waals surface area contributed by atoms with Crippen LogP contribution in [-0.2, 0) is 23.9 Å². The molecule has 0 radical (unpaired) electrons. The average molecular weight is 669 g/mol. The van der Waals surface area contributed by atoms with Gasteiger partial charge >= 0.3 is 19.7 Å². The molecule has 236 valence electrons. The lowest BCUT2D eigenvalue weighted by Crippen LogP contribution is -2.28. The van der Waals surface area contributed by atoms with E-state index in [9.17, 15) is 40.6 Å². The lowest BCUT2D eigenvalue weighted by atomic mass is 10.1. The highest BCUT2D eigenvalue weighted by molar-refractivity contribution is 7.92. The van der Waals surface area contributed by atoms with E-state index in [-0.39, 0.29) is 9.77 Å². The molecule has 0 bridgehead atoms. The van der Waals surface area contributed by atoms with Crippen LogP contribution < -0.4 is 31.0 Å². The van der Waals surface area contributed by atoms with Gasteiger partial charge in [0.15, 0.2) is 0 Å². The summed E-state index contributed by atoms with van der Waals surface area (Å²) in [4.78, 5) is 33.4. The van der Waals surface area contributed by atoms with Gasteiger partial charge in [0.05, 0.1) is 13.2 Å². The molecule has 3 rings (SSSR count). The first-order chi connectivity index (χ1) is 20.1. The minimum Gasteiger partial charge on any atom is -0.493 e. The van der Waals surface area contributed by atoms with Gasteiger partial charge < -0.3 is 35.7 Å². The van der Waals surface area contributed by atoms with Crippen molar-refractivity contribution in [2.45, 2.75) is 23.2 Å². The van der Waals surface area contributed by atoms with Crippen LogP contribution in [0.2, 0.25) is 0 Å². The molecular weight excluding hydrogens is 640 g/mol. The van der Waals surface area contributed by atoms with Crippen molar-refractivity contribution in [3.63, 3.8) is 0 Å². The normalized spacial score (nSPS) is 13.3. The molecule has 0 aliphatic carbocycles. The van der Waals surface area contributed by atoms with Gasteiger partial charge in [-0.25, -0.2) is 17.8 Å². The van der Waals surface area contributed by atoms with Crippen LogP contribution in [0.25, 0.3) is 10.1 Å². The van der Waals surface area contributed by atoms with Crippen molar-refractivity contribution in [2.24, 2.45) is 11.5 Å². The second-order valence-corrected chi connectivity index (χ2v) is 13.6. The lowest BCUT2D eigenvalue weighted by molar-refractivity contribution is -0.190. The van der Waals surface area contributed by atoms with Crippen molar-refractivity contribution in [1.82, 2.24) is 4.72 Å². The predicted molar refractivity (Wildman–Crippen MR) is 152 cm³/mol. The van der Waals surface area contributed by atoms with Crippen molar-refractivity contribution in [3.8, 4) is 11.5 Å². The Labute approximate surface area is 247 Å². The van der Waals surface area contributed by atoms with Crippen LogP contribution in [0.15, 0.2) is 46.7 Å². The van der Waals surface area contributed by atoms with Gasteiger partial charge in [-0.2, -0.15) is 17.9 Å². The summed E-state index contributed by atoms with van der Waals surface area (Å²) in [6.07, 6.45) is -5.84. The fraction of sp³-hybridized carbons (Fsp3) is 0.333. The second-order valence-electron chi connectivity index (χ2n) is 8.77. The highest BCUT2D eigenvalue weighted by Crippen LogP contribution is 2.43. The zero-order chi connectivity index (χ0) is 31.8. The summed E-state index contributed by atoms with van der Waals surface area (Å²) in [7, 11) is -9.81. The number of hydrogen-bond donors (Lipinski definition) is 5. The van der Waals surface area contributed by atoms with Crippen LogP contribution in [0.3, 0.4) is 0 Å². The Hall–Kier alpha value is -3.25. The topological polar surface area (TPSA) is 209 Å². The molecule has 0 fully saturated rings. The van der Waals surface area contributed by atoms with Gasteiger partial charge in [-0.15, -0.1) is 11.3 Å². The summed E-state index contributed by atoms with van der Waals surface area (Å²) in [6, 6.07) is 10.4. The molecule has 1 amide bonds. The number of anilines is 1. The largest absolute Gasteiger partial charge is 0.493 e. The van der Waals surface area contributed by atoms with Gasteiger partial charge in [-0.3, -0.25) is 4.79 Å². The Kier molecular flexibility index (Phi) is 11.5. The van der Waals surface area contributed by atoms with E-state index in [1.165, 1.54) is 36.4 Å². The van der Waals surface area contributed by atoms with Crippen molar-refractivity contribution >= 4 is 56.6 Å². The number of halogens is 3. The third kappa shape index (κ3) is 10.2. The first-order valence-electron chi connectivity index (χ1n) is 12.4. The fourth-order valence-electron chi connectivity index (χ4n) is 3.30. The first kappa shape index (κ1) is 34.2. The zero-order valence-corrected chi connectivity index (χ0v) is 24.8. The average Bonchev–Trinajstić information content (AvgIpc) is 3.36. The number of rotatable bonds is 15. The Morgan fingerprint density at radius 2 is 1.58 bits per heavy atom. The van der Waals surface area contributed by atoms with Crippen molar-refractivity contribution < 1.29 is 54.6 Å². The van der Waals surface area contributed by atoms with Gasteiger partial charge in [0.2, 0.25) is 0 Å². The van der Waals surface area contributed by atoms with Gasteiger partial charge in [-0.1, -0.05) is 0 Å². The SMILES string of the molecule is NCCCOc1cc(OCCCN)cc(C(=O)Nc2ccc3sc(S(=O)(=O)NCP(=O)(O)OC(=O)C(F)(F)F)cc3c2)c1. The molecule has 1 atom stereocenters. The number of amides is 1. The first-order valence-corrected chi connectivity index (χ1v) is 16.5.